The van der Waals surface area contributed by atoms with Gasteiger partial charge in [-0.15, -0.1) is 0 Å². The Kier molecular flexibility index (Phi) is 5.00. The molecule has 0 aromatic carbocycles. The summed E-state index contributed by atoms with van der Waals surface area (Å²) in [4.78, 5) is 22.9. The van der Waals surface area contributed by atoms with Crippen molar-refractivity contribution < 1.29 is 14.7 Å². The number of carbonyl (C=O) groups is 2. The summed E-state index contributed by atoms with van der Waals surface area (Å²) in [7, 11) is 0. The summed E-state index contributed by atoms with van der Waals surface area (Å²) >= 11 is 1.60. The second-order valence-corrected chi connectivity index (χ2v) is 6.05. The first-order valence-corrected chi connectivity index (χ1v) is 7.81. The van der Waals surface area contributed by atoms with Gasteiger partial charge in [-0.1, -0.05) is 6.42 Å². The van der Waals surface area contributed by atoms with Gasteiger partial charge in [-0.2, -0.15) is 11.3 Å². The summed E-state index contributed by atoms with van der Waals surface area (Å²) < 4.78 is 0. The average Bonchev–Trinajstić information content (AvgIpc) is 3.07. The van der Waals surface area contributed by atoms with E-state index < -0.39 is 5.97 Å². The molecule has 1 fully saturated rings. The molecule has 1 aliphatic rings. The van der Waals surface area contributed by atoms with Gasteiger partial charge in [0.15, 0.2) is 0 Å². The molecule has 0 spiro atoms. The van der Waals surface area contributed by atoms with Gasteiger partial charge in [0.05, 0.1) is 12.0 Å². The zero-order chi connectivity index (χ0) is 14.5. The first kappa shape index (κ1) is 14.8. The van der Waals surface area contributed by atoms with Crippen molar-refractivity contribution in [2.24, 2.45) is 11.8 Å². The Morgan fingerprint density at radius 3 is 2.95 bits per heavy atom. The van der Waals surface area contributed by atoms with E-state index >= 15 is 0 Å². The van der Waals surface area contributed by atoms with Gasteiger partial charge in [0.2, 0.25) is 0 Å². The summed E-state index contributed by atoms with van der Waals surface area (Å²) in [6.45, 7) is 2.36. The van der Waals surface area contributed by atoms with E-state index in [1.165, 1.54) is 0 Å². The van der Waals surface area contributed by atoms with E-state index in [-0.39, 0.29) is 23.9 Å². The number of rotatable bonds is 5. The average molecular weight is 296 g/mol. The Balaban J connectivity index is 1.76. The van der Waals surface area contributed by atoms with Crippen molar-refractivity contribution in [3.8, 4) is 0 Å². The first-order valence-electron chi connectivity index (χ1n) is 6.87. The molecule has 0 radical (unpaired) electrons. The van der Waals surface area contributed by atoms with Crippen LogP contribution >= 0.6 is 11.3 Å². The minimum absolute atomic E-state index is 0.0416. The summed E-state index contributed by atoms with van der Waals surface area (Å²) in [6.07, 6.45) is 2.52. The normalized spacial score (nSPS) is 23.2. The third kappa shape index (κ3) is 3.72. The van der Waals surface area contributed by atoms with Crippen molar-refractivity contribution in [1.82, 2.24) is 10.6 Å². The summed E-state index contributed by atoms with van der Waals surface area (Å²) in [5, 5.41) is 18.7. The van der Waals surface area contributed by atoms with Crippen molar-refractivity contribution in [2.75, 3.05) is 6.54 Å². The Morgan fingerprint density at radius 1 is 1.50 bits per heavy atom. The van der Waals surface area contributed by atoms with Crippen molar-refractivity contribution in [2.45, 2.75) is 32.2 Å². The fraction of sp³-hybridized carbons (Fsp3) is 0.571. The van der Waals surface area contributed by atoms with Crippen LogP contribution in [-0.4, -0.2) is 23.7 Å². The summed E-state index contributed by atoms with van der Waals surface area (Å²) in [5.41, 5.74) is 1.08. The van der Waals surface area contributed by atoms with E-state index in [0.717, 1.165) is 18.4 Å². The molecule has 3 unspecified atom stereocenters. The second kappa shape index (κ2) is 6.74. The largest absolute Gasteiger partial charge is 0.481 e. The van der Waals surface area contributed by atoms with E-state index in [1.807, 2.05) is 23.8 Å². The summed E-state index contributed by atoms with van der Waals surface area (Å²) in [5.74, 6) is -1.01. The topological polar surface area (TPSA) is 78.4 Å². The zero-order valence-electron chi connectivity index (χ0n) is 11.5. The fourth-order valence-electron chi connectivity index (χ4n) is 2.68. The van der Waals surface area contributed by atoms with E-state index in [1.54, 1.807) is 11.3 Å². The lowest BCUT2D eigenvalue weighted by molar-refractivity contribution is -0.142. The van der Waals surface area contributed by atoms with E-state index in [9.17, 15) is 9.59 Å². The standard InChI is InChI=1S/C14H20N2O3S/c1-9(11-5-6-20-8-11)16-14(19)15-7-10-3-2-4-12(10)13(17)18/h5-6,8-10,12H,2-4,7H2,1H3,(H,17,18)(H2,15,16,19). The number of carbonyl (C=O) groups excluding carboxylic acids is 1. The van der Waals surface area contributed by atoms with Crippen molar-refractivity contribution >= 4 is 23.3 Å². The highest BCUT2D eigenvalue weighted by atomic mass is 32.1. The van der Waals surface area contributed by atoms with Gasteiger partial charge in [0, 0.05) is 6.54 Å². The molecule has 6 heteroatoms. The number of urea groups is 1. The van der Waals surface area contributed by atoms with Gasteiger partial charge in [0.25, 0.3) is 0 Å². The molecular formula is C14H20N2O3S. The minimum Gasteiger partial charge on any atom is -0.481 e. The number of amides is 2. The number of hydrogen-bond donors (Lipinski definition) is 3. The second-order valence-electron chi connectivity index (χ2n) is 5.27. The van der Waals surface area contributed by atoms with Crippen molar-refractivity contribution in [3.63, 3.8) is 0 Å². The highest BCUT2D eigenvalue weighted by molar-refractivity contribution is 7.07. The third-order valence-corrected chi connectivity index (χ3v) is 4.59. The van der Waals surface area contributed by atoms with E-state index in [0.29, 0.717) is 13.0 Å². The van der Waals surface area contributed by atoms with Crippen LogP contribution in [0.15, 0.2) is 16.8 Å². The quantitative estimate of drug-likeness (QED) is 0.781. The molecule has 1 aliphatic carbocycles. The van der Waals surface area contributed by atoms with Gasteiger partial charge in [-0.3, -0.25) is 4.79 Å². The number of hydrogen-bond acceptors (Lipinski definition) is 3. The molecular weight excluding hydrogens is 276 g/mol. The van der Waals surface area contributed by atoms with Crippen LogP contribution in [0.5, 0.6) is 0 Å². The predicted octanol–water partition coefficient (Wildman–Crippen LogP) is 2.61. The van der Waals surface area contributed by atoms with Crippen molar-refractivity contribution in [3.05, 3.63) is 22.4 Å². The van der Waals surface area contributed by atoms with Crippen LogP contribution in [-0.2, 0) is 4.79 Å². The maximum atomic E-state index is 11.8. The number of aliphatic carboxylic acids is 1. The number of carboxylic acids is 1. The molecule has 1 aromatic heterocycles. The predicted molar refractivity (Wildman–Crippen MR) is 77.7 cm³/mol. The number of thiophene rings is 1. The Labute approximate surface area is 122 Å². The molecule has 1 aromatic rings. The Hall–Kier alpha value is -1.56. The number of carboxylic acid groups (broad SMARTS) is 1. The van der Waals surface area contributed by atoms with Crippen LogP contribution in [0.25, 0.3) is 0 Å². The van der Waals surface area contributed by atoms with E-state index in [4.69, 9.17) is 5.11 Å². The van der Waals surface area contributed by atoms with Gasteiger partial charge in [0.1, 0.15) is 0 Å². The monoisotopic (exact) mass is 296 g/mol. The molecule has 3 N–H and O–H groups in total. The zero-order valence-corrected chi connectivity index (χ0v) is 12.3. The molecule has 2 amide bonds. The molecule has 5 nitrogen and oxygen atoms in total. The highest BCUT2D eigenvalue weighted by Crippen LogP contribution is 2.31. The van der Waals surface area contributed by atoms with Crippen LogP contribution < -0.4 is 10.6 Å². The lowest BCUT2D eigenvalue weighted by Gasteiger charge is -2.18. The maximum absolute atomic E-state index is 11.8. The SMILES string of the molecule is CC(NC(=O)NCC1CCCC1C(=O)O)c1ccsc1. The Bertz CT molecular complexity index is 461. The highest BCUT2D eigenvalue weighted by Gasteiger charge is 2.32. The smallest absolute Gasteiger partial charge is 0.315 e. The van der Waals surface area contributed by atoms with Crippen LogP contribution in [0, 0.1) is 11.8 Å². The molecule has 0 bridgehead atoms. The molecule has 0 saturated heterocycles. The van der Waals surface area contributed by atoms with Gasteiger partial charge in [-0.25, -0.2) is 4.79 Å². The van der Waals surface area contributed by atoms with Gasteiger partial charge < -0.3 is 15.7 Å². The molecule has 1 saturated carbocycles. The molecule has 1 heterocycles. The molecule has 3 atom stereocenters. The summed E-state index contributed by atoms with van der Waals surface area (Å²) in [6, 6.07) is 1.70. The van der Waals surface area contributed by atoms with E-state index in [2.05, 4.69) is 10.6 Å². The third-order valence-electron chi connectivity index (χ3n) is 3.89. The van der Waals surface area contributed by atoms with Gasteiger partial charge in [-0.05, 0) is 48.1 Å². The fourth-order valence-corrected chi connectivity index (χ4v) is 3.44. The minimum atomic E-state index is -0.749. The number of nitrogens with one attached hydrogen (secondary N) is 2. The van der Waals surface area contributed by atoms with Crippen LogP contribution in [0.4, 0.5) is 4.79 Å². The van der Waals surface area contributed by atoms with Crippen LogP contribution in [0.2, 0.25) is 0 Å². The molecule has 110 valence electrons. The van der Waals surface area contributed by atoms with Crippen LogP contribution in [0.3, 0.4) is 0 Å². The van der Waals surface area contributed by atoms with Crippen molar-refractivity contribution in [1.29, 1.82) is 0 Å². The maximum Gasteiger partial charge on any atom is 0.315 e. The molecule has 20 heavy (non-hydrogen) atoms. The Morgan fingerprint density at radius 2 is 2.30 bits per heavy atom. The van der Waals surface area contributed by atoms with Crippen LogP contribution in [0.1, 0.15) is 37.8 Å². The molecule has 2 rings (SSSR count). The first-order chi connectivity index (χ1) is 9.58. The lowest BCUT2D eigenvalue weighted by atomic mass is 9.96. The lowest BCUT2D eigenvalue weighted by Crippen LogP contribution is -2.40. The van der Waals surface area contributed by atoms with Gasteiger partial charge >= 0.3 is 12.0 Å². The molecule has 0 aliphatic heterocycles.